The van der Waals surface area contributed by atoms with Crippen molar-refractivity contribution in [1.29, 1.82) is 0 Å². The predicted octanol–water partition coefficient (Wildman–Crippen LogP) is 0.779. The molecule has 2 heterocycles. The zero-order valence-corrected chi connectivity index (χ0v) is 10.9. The summed E-state index contributed by atoms with van der Waals surface area (Å²) in [6.45, 7) is 6.57. The Labute approximate surface area is 103 Å². The Hall–Kier alpha value is -0.940. The number of aryl methyl sites for hydroxylation is 1. The summed E-state index contributed by atoms with van der Waals surface area (Å²) >= 11 is 0. The number of likely N-dealkylation sites (tertiary alicyclic amines) is 1. The summed E-state index contributed by atoms with van der Waals surface area (Å²) in [7, 11) is 2.01. The van der Waals surface area contributed by atoms with E-state index in [1.54, 1.807) is 6.33 Å². The van der Waals surface area contributed by atoms with Gasteiger partial charge in [-0.3, -0.25) is 4.90 Å². The number of hydrogen-bond donors (Lipinski definition) is 1. The summed E-state index contributed by atoms with van der Waals surface area (Å²) in [6, 6.07) is 0.650. The third-order valence-corrected chi connectivity index (χ3v) is 3.36. The van der Waals surface area contributed by atoms with Crippen LogP contribution < -0.4 is 5.32 Å². The van der Waals surface area contributed by atoms with Gasteiger partial charge in [-0.15, -0.1) is 10.2 Å². The topological polar surface area (TPSA) is 46.0 Å². The van der Waals surface area contributed by atoms with Gasteiger partial charge < -0.3 is 9.88 Å². The summed E-state index contributed by atoms with van der Waals surface area (Å²) in [5.74, 6) is 1.06. The van der Waals surface area contributed by atoms with Gasteiger partial charge in [-0.2, -0.15) is 0 Å². The fourth-order valence-electron chi connectivity index (χ4n) is 2.36. The molecule has 1 aromatic rings. The number of hydrogen-bond acceptors (Lipinski definition) is 4. The molecule has 0 saturated carbocycles. The van der Waals surface area contributed by atoms with Crippen molar-refractivity contribution in [3.63, 3.8) is 0 Å². The first kappa shape index (κ1) is 12.5. The van der Waals surface area contributed by atoms with E-state index in [0.29, 0.717) is 6.04 Å². The summed E-state index contributed by atoms with van der Waals surface area (Å²) in [4.78, 5) is 2.47. The van der Waals surface area contributed by atoms with Gasteiger partial charge in [-0.05, 0) is 32.4 Å². The molecule has 96 valence electrons. The largest absolute Gasteiger partial charge is 0.320 e. The molecule has 0 spiro atoms. The van der Waals surface area contributed by atoms with Gasteiger partial charge in [0.25, 0.3) is 0 Å². The van der Waals surface area contributed by atoms with Gasteiger partial charge in [-0.25, -0.2) is 0 Å². The van der Waals surface area contributed by atoms with Gasteiger partial charge in [0.1, 0.15) is 12.2 Å². The van der Waals surface area contributed by atoms with E-state index in [1.807, 2.05) is 11.6 Å². The molecule has 2 rings (SSSR count). The Morgan fingerprint density at radius 2 is 2.41 bits per heavy atom. The molecular formula is C12H23N5. The van der Waals surface area contributed by atoms with E-state index >= 15 is 0 Å². The maximum Gasteiger partial charge on any atom is 0.146 e. The van der Waals surface area contributed by atoms with E-state index in [0.717, 1.165) is 25.5 Å². The average molecular weight is 237 g/mol. The van der Waals surface area contributed by atoms with Crippen LogP contribution in [0.4, 0.5) is 0 Å². The highest BCUT2D eigenvalue weighted by molar-refractivity contribution is 4.87. The molecule has 1 atom stereocenters. The molecule has 17 heavy (non-hydrogen) atoms. The maximum atomic E-state index is 4.15. The molecule has 1 N–H and O–H groups in total. The van der Waals surface area contributed by atoms with Crippen molar-refractivity contribution in [1.82, 2.24) is 25.0 Å². The summed E-state index contributed by atoms with van der Waals surface area (Å²) in [6.07, 6.45) is 5.56. The maximum absolute atomic E-state index is 4.15. The van der Waals surface area contributed by atoms with Crippen molar-refractivity contribution in [2.24, 2.45) is 7.05 Å². The van der Waals surface area contributed by atoms with E-state index in [4.69, 9.17) is 0 Å². The van der Waals surface area contributed by atoms with Gasteiger partial charge in [0.05, 0.1) is 6.54 Å². The van der Waals surface area contributed by atoms with Crippen LogP contribution in [0.5, 0.6) is 0 Å². The van der Waals surface area contributed by atoms with Crippen LogP contribution in [0, 0.1) is 0 Å². The number of rotatable bonds is 5. The normalized spacial score (nSPS) is 21.9. The van der Waals surface area contributed by atoms with E-state index in [1.165, 1.54) is 25.8 Å². The molecule has 1 aliphatic rings. The molecule has 5 heteroatoms. The molecule has 1 unspecified atom stereocenters. The zero-order chi connectivity index (χ0) is 12.1. The van der Waals surface area contributed by atoms with E-state index < -0.39 is 0 Å². The molecule has 0 aromatic carbocycles. The Morgan fingerprint density at radius 3 is 3.12 bits per heavy atom. The summed E-state index contributed by atoms with van der Waals surface area (Å²) in [5, 5.41) is 11.7. The zero-order valence-electron chi connectivity index (χ0n) is 10.9. The number of nitrogens with one attached hydrogen (secondary N) is 1. The first-order valence-corrected chi connectivity index (χ1v) is 6.58. The first-order chi connectivity index (χ1) is 8.29. The van der Waals surface area contributed by atoms with Crippen LogP contribution in [0.15, 0.2) is 6.33 Å². The predicted molar refractivity (Wildman–Crippen MR) is 67.6 cm³/mol. The second-order valence-electron chi connectivity index (χ2n) is 4.89. The van der Waals surface area contributed by atoms with Crippen molar-refractivity contribution in [2.45, 2.75) is 38.8 Å². The minimum Gasteiger partial charge on any atom is -0.320 e. The van der Waals surface area contributed by atoms with E-state index in [9.17, 15) is 0 Å². The lowest BCUT2D eigenvalue weighted by Crippen LogP contribution is -2.45. The van der Waals surface area contributed by atoms with E-state index in [2.05, 4.69) is 27.3 Å². The standard InChI is InChI=1S/C12H23N5/c1-3-6-13-11-5-4-7-17(8-11)9-12-15-14-10-16(12)2/h10-11,13H,3-9H2,1-2H3. The van der Waals surface area contributed by atoms with Crippen molar-refractivity contribution in [3.8, 4) is 0 Å². The van der Waals surface area contributed by atoms with Crippen LogP contribution in [0.3, 0.4) is 0 Å². The minimum absolute atomic E-state index is 0.650. The molecule has 0 bridgehead atoms. The highest BCUT2D eigenvalue weighted by Crippen LogP contribution is 2.12. The van der Waals surface area contributed by atoms with Crippen LogP contribution in [0.25, 0.3) is 0 Å². The van der Waals surface area contributed by atoms with Crippen molar-refractivity contribution >= 4 is 0 Å². The Balaban J connectivity index is 1.83. The summed E-state index contributed by atoms with van der Waals surface area (Å²) < 4.78 is 2.00. The molecular weight excluding hydrogens is 214 g/mol. The van der Waals surface area contributed by atoms with Crippen molar-refractivity contribution < 1.29 is 0 Å². The quantitative estimate of drug-likeness (QED) is 0.822. The highest BCUT2D eigenvalue weighted by Gasteiger charge is 2.20. The van der Waals surface area contributed by atoms with Crippen LogP contribution in [0.2, 0.25) is 0 Å². The molecule has 0 radical (unpaired) electrons. The van der Waals surface area contributed by atoms with Crippen LogP contribution in [-0.4, -0.2) is 45.3 Å². The van der Waals surface area contributed by atoms with Gasteiger partial charge in [0.15, 0.2) is 0 Å². The lowest BCUT2D eigenvalue weighted by atomic mass is 10.1. The SMILES string of the molecule is CCCNC1CCCN(Cc2nncn2C)C1. The Bertz CT molecular complexity index is 335. The van der Waals surface area contributed by atoms with Gasteiger partial charge in [-0.1, -0.05) is 6.92 Å². The molecule has 1 aliphatic heterocycles. The number of piperidine rings is 1. The van der Waals surface area contributed by atoms with Gasteiger partial charge >= 0.3 is 0 Å². The third kappa shape index (κ3) is 3.51. The first-order valence-electron chi connectivity index (χ1n) is 6.58. The van der Waals surface area contributed by atoms with Crippen LogP contribution in [0.1, 0.15) is 32.0 Å². The fraction of sp³-hybridized carbons (Fsp3) is 0.833. The third-order valence-electron chi connectivity index (χ3n) is 3.36. The Kier molecular flexibility index (Phi) is 4.50. The van der Waals surface area contributed by atoms with Gasteiger partial charge in [0, 0.05) is 19.6 Å². The smallest absolute Gasteiger partial charge is 0.146 e. The Morgan fingerprint density at radius 1 is 1.53 bits per heavy atom. The second-order valence-corrected chi connectivity index (χ2v) is 4.89. The second kappa shape index (κ2) is 6.12. The van der Waals surface area contributed by atoms with Crippen LogP contribution >= 0.6 is 0 Å². The van der Waals surface area contributed by atoms with E-state index in [-0.39, 0.29) is 0 Å². The minimum atomic E-state index is 0.650. The van der Waals surface area contributed by atoms with Gasteiger partial charge in [0.2, 0.25) is 0 Å². The lowest BCUT2D eigenvalue weighted by Gasteiger charge is -2.32. The number of aromatic nitrogens is 3. The van der Waals surface area contributed by atoms with Crippen LogP contribution in [-0.2, 0) is 13.6 Å². The summed E-state index contributed by atoms with van der Waals surface area (Å²) in [5.41, 5.74) is 0. The monoisotopic (exact) mass is 237 g/mol. The number of nitrogens with zero attached hydrogens (tertiary/aromatic N) is 4. The highest BCUT2D eigenvalue weighted by atomic mass is 15.3. The molecule has 1 fully saturated rings. The lowest BCUT2D eigenvalue weighted by molar-refractivity contribution is 0.178. The molecule has 5 nitrogen and oxygen atoms in total. The molecule has 0 amide bonds. The fourth-order valence-corrected chi connectivity index (χ4v) is 2.36. The average Bonchev–Trinajstić information content (AvgIpc) is 2.73. The molecule has 1 saturated heterocycles. The van der Waals surface area contributed by atoms with Crippen molar-refractivity contribution in [3.05, 3.63) is 12.2 Å². The molecule has 1 aromatic heterocycles. The molecule has 0 aliphatic carbocycles. The van der Waals surface area contributed by atoms with Crippen molar-refractivity contribution in [2.75, 3.05) is 19.6 Å².